The minimum absolute atomic E-state index is 0.0370. The third-order valence-electron chi connectivity index (χ3n) is 5.14. The summed E-state index contributed by atoms with van der Waals surface area (Å²) in [5.74, 6) is 0.218. The van der Waals surface area contributed by atoms with Gasteiger partial charge in [0.15, 0.2) is 24.0 Å². The standard InChI is InChI=1S/C10H13N5O4.C8H8O.C6H14O2/c11-8-5-9(13-2-12-8)15(3-14-5)10-7(18)6(17)4(1-16)19-10;9-7-6-8-4-2-1-3-5-8;1-4-7-6(3)8-5-2/h2-4,6-7,10,16-18H,1H2,(H2,11,12,13);1-5,7H,6H2;6H,4-5H2,1-3H3/t4-,6-,7-,10-;;/m1../s1. The first kappa shape index (κ1) is 29.2. The van der Waals surface area contributed by atoms with Gasteiger partial charge in [0.1, 0.15) is 36.4 Å². The average molecular weight is 506 g/mol. The number of nitrogen functional groups attached to an aromatic ring is 1. The van der Waals surface area contributed by atoms with E-state index in [1.54, 1.807) is 0 Å². The van der Waals surface area contributed by atoms with Gasteiger partial charge < -0.3 is 40.1 Å². The molecule has 0 amide bonds. The van der Waals surface area contributed by atoms with Gasteiger partial charge in [0.2, 0.25) is 0 Å². The SMILES string of the molecule is CCOC(C)OCC.Nc1ncnc2c1ncn2[C@@H]1O[C@H](CO)[C@@H](O)[C@H]1O.O=CCc1ccccc1. The van der Waals surface area contributed by atoms with E-state index in [0.717, 1.165) is 25.1 Å². The molecular formula is C24H35N5O7. The number of carbonyl (C=O) groups excluding carboxylic acids is 1. The van der Waals surface area contributed by atoms with E-state index in [1.807, 2.05) is 51.1 Å². The molecule has 12 heteroatoms. The number of ether oxygens (including phenoxy) is 3. The Hall–Kier alpha value is -3.00. The van der Waals surface area contributed by atoms with Crippen LogP contribution in [-0.4, -0.2) is 85.5 Å². The molecule has 1 fully saturated rings. The Labute approximate surface area is 209 Å². The molecule has 0 spiro atoms. The van der Waals surface area contributed by atoms with Gasteiger partial charge in [-0.15, -0.1) is 0 Å². The van der Waals surface area contributed by atoms with Crippen molar-refractivity contribution in [1.29, 1.82) is 0 Å². The Balaban J connectivity index is 0.000000224. The summed E-state index contributed by atoms with van der Waals surface area (Å²) in [6, 6.07) is 9.68. The van der Waals surface area contributed by atoms with Gasteiger partial charge in [0.05, 0.1) is 12.9 Å². The third-order valence-corrected chi connectivity index (χ3v) is 5.14. The number of rotatable bonds is 8. The van der Waals surface area contributed by atoms with Gasteiger partial charge in [-0.1, -0.05) is 30.3 Å². The van der Waals surface area contributed by atoms with Crippen LogP contribution in [0.25, 0.3) is 11.2 Å². The maximum atomic E-state index is 9.97. The van der Waals surface area contributed by atoms with Gasteiger partial charge in [0, 0.05) is 19.6 Å². The zero-order valence-corrected chi connectivity index (χ0v) is 20.7. The van der Waals surface area contributed by atoms with Crippen molar-refractivity contribution in [2.24, 2.45) is 0 Å². The molecule has 3 aromatic rings. The van der Waals surface area contributed by atoms with Crippen molar-refractivity contribution in [3.05, 3.63) is 48.5 Å². The number of anilines is 1. The molecule has 2 aromatic heterocycles. The Morgan fingerprint density at radius 3 is 2.33 bits per heavy atom. The first-order chi connectivity index (χ1) is 17.4. The Morgan fingerprint density at radius 1 is 1.11 bits per heavy atom. The van der Waals surface area contributed by atoms with Crippen molar-refractivity contribution in [1.82, 2.24) is 19.5 Å². The van der Waals surface area contributed by atoms with Crippen LogP contribution in [0.1, 0.15) is 32.6 Å². The van der Waals surface area contributed by atoms with Crippen LogP contribution in [0.15, 0.2) is 43.0 Å². The minimum Gasteiger partial charge on any atom is -0.394 e. The zero-order valence-electron chi connectivity index (χ0n) is 20.7. The highest BCUT2D eigenvalue weighted by Crippen LogP contribution is 2.31. The van der Waals surface area contributed by atoms with Crippen molar-refractivity contribution in [2.45, 2.75) is 58.0 Å². The molecule has 12 nitrogen and oxygen atoms in total. The Bertz CT molecular complexity index is 1030. The average Bonchev–Trinajstić information content (AvgIpc) is 3.43. The second-order valence-corrected chi connectivity index (χ2v) is 7.65. The summed E-state index contributed by atoms with van der Waals surface area (Å²) in [4.78, 5) is 21.9. The smallest absolute Gasteiger partial charge is 0.167 e. The van der Waals surface area contributed by atoms with Crippen molar-refractivity contribution < 1.29 is 34.3 Å². The fraction of sp³-hybridized carbons (Fsp3) is 0.500. The number of nitrogens with zero attached hydrogens (tertiary/aromatic N) is 4. The lowest BCUT2D eigenvalue weighted by Crippen LogP contribution is -2.33. The van der Waals surface area contributed by atoms with E-state index < -0.39 is 31.1 Å². The maximum Gasteiger partial charge on any atom is 0.167 e. The topological polar surface area (TPSA) is 175 Å². The molecule has 1 aliphatic rings. The Morgan fingerprint density at radius 2 is 1.78 bits per heavy atom. The molecule has 0 saturated carbocycles. The van der Waals surface area contributed by atoms with Crippen molar-refractivity contribution in [3.8, 4) is 0 Å². The van der Waals surface area contributed by atoms with Crippen LogP contribution < -0.4 is 5.73 Å². The second-order valence-electron chi connectivity index (χ2n) is 7.65. The monoisotopic (exact) mass is 505 g/mol. The normalized spacial score (nSPS) is 21.0. The predicted octanol–water partition coefficient (Wildman–Crippen LogP) is 0.853. The molecular weight excluding hydrogens is 470 g/mol. The van der Waals surface area contributed by atoms with Crippen LogP contribution in [0.5, 0.6) is 0 Å². The number of aldehydes is 1. The number of fused-ring (bicyclic) bond motifs is 1. The summed E-state index contributed by atoms with van der Waals surface area (Å²) in [6.07, 6.45) is -0.0194. The fourth-order valence-electron chi connectivity index (χ4n) is 3.39. The lowest BCUT2D eigenvalue weighted by molar-refractivity contribution is -0.123. The molecule has 0 bridgehead atoms. The number of hydrogen-bond acceptors (Lipinski definition) is 11. The lowest BCUT2D eigenvalue weighted by atomic mass is 10.1. The third kappa shape index (κ3) is 8.01. The number of benzene rings is 1. The number of aliphatic hydroxyl groups is 3. The van der Waals surface area contributed by atoms with Crippen molar-refractivity contribution in [3.63, 3.8) is 0 Å². The molecule has 0 unspecified atom stereocenters. The van der Waals surface area contributed by atoms with Crippen molar-refractivity contribution >= 4 is 23.3 Å². The zero-order chi connectivity index (χ0) is 26.5. The molecule has 1 aromatic carbocycles. The molecule has 4 rings (SSSR count). The van der Waals surface area contributed by atoms with E-state index >= 15 is 0 Å². The number of imidazole rings is 1. The molecule has 198 valence electrons. The number of aliphatic hydroxyl groups excluding tert-OH is 3. The fourth-order valence-corrected chi connectivity index (χ4v) is 3.39. The molecule has 36 heavy (non-hydrogen) atoms. The number of carbonyl (C=O) groups is 1. The Kier molecular flexibility index (Phi) is 12.3. The van der Waals surface area contributed by atoms with Crippen LogP contribution in [-0.2, 0) is 25.4 Å². The summed E-state index contributed by atoms with van der Waals surface area (Å²) >= 11 is 0. The lowest BCUT2D eigenvalue weighted by Gasteiger charge is -2.16. The first-order valence-electron chi connectivity index (χ1n) is 11.6. The predicted molar refractivity (Wildman–Crippen MR) is 132 cm³/mol. The van der Waals surface area contributed by atoms with E-state index in [1.165, 1.54) is 17.2 Å². The van der Waals surface area contributed by atoms with Gasteiger partial charge in [0.25, 0.3) is 0 Å². The number of nitrogens with two attached hydrogens (primary N) is 1. The maximum absolute atomic E-state index is 9.97. The minimum atomic E-state index is -1.19. The van der Waals surface area contributed by atoms with Gasteiger partial charge in [-0.2, -0.15) is 0 Å². The highest BCUT2D eigenvalue weighted by Gasteiger charge is 2.43. The van der Waals surface area contributed by atoms with E-state index in [0.29, 0.717) is 17.6 Å². The summed E-state index contributed by atoms with van der Waals surface area (Å²) in [6.45, 7) is 6.86. The summed E-state index contributed by atoms with van der Waals surface area (Å²) in [5.41, 5.74) is 7.52. The van der Waals surface area contributed by atoms with E-state index in [4.69, 9.17) is 25.1 Å². The van der Waals surface area contributed by atoms with Crippen LogP contribution in [0.4, 0.5) is 5.82 Å². The van der Waals surface area contributed by atoms with Gasteiger partial charge in [-0.3, -0.25) is 4.57 Å². The molecule has 1 saturated heterocycles. The summed E-state index contributed by atoms with van der Waals surface area (Å²) in [7, 11) is 0. The van der Waals surface area contributed by atoms with Crippen molar-refractivity contribution in [2.75, 3.05) is 25.6 Å². The largest absolute Gasteiger partial charge is 0.394 e. The van der Waals surface area contributed by atoms with Crippen LogP contribution >= 0.6 is 0 Å². The molecule has 1 aliphatic heterocycles. The number of hydrogen-bond donors (Lipinski definition) is 4. The molecule has 3 heterocycles. The van der Waals surface area contributed by atoms with Crippen LogP contribution in [0.2, 0.25) is 0 Å². The van der Waals surface area contributed by atoms with Crippen LogP contribution in [0, 0.1) is 0 Å². The van der Waals surface area contributed by atoms with Gasteiger partial charge >= 0.3 is 0 Å². The van der Waals surface area contributed by atoms with Gasteiger partial charge in [-0.05, 0) is 26.3 Å². The molecule has 0 aliphatic carbocycles. The summed E-state index contributed by atoms with van der Waals surface area (Å²) < 4.78 is 17.0. The first-order valence-corrected chi connectivity index (χ1v) is 11.6. The van der Waals surface area contributed by atoms with Crippen LogP contribution in [0.3, 0.4) is 0 Å². The van der Waals surface area contributed by atoms with Gasteiger partial charge in [-0.25, -0.2) is 15.0 Å². The highest BCUT2D eigenvalue weighted by atomic mass is 16.7. The second kappa shape index (κ2) is 15.2. The van der Waals surface area contributed by atoms with E-state index in [9.17, 15) is 15.0 Å². The highest BCUT2D eigenvalue weighted by molar-refractivity contribution is 5.81. The molecule has 5 N–H and O–H groups in total. The molecule has 0 radical (unpaired) electrons. The van der Waals surface area contributed by atoms with E-state index in [2.05, 4.69) is 15.0 Å². The summed E-state index contributed by atoms with van der Waals surface area (Å²) in [5, 5.41) is 28.7. The number of aromatic nitrogens is 4. The quantitative estimate of drug-likeness (QED) is 0.252. The van der Waals surface area contributed by atoms with E-state index in [-0.39, 0.29) is 12.1 Å². The molecule has 4 atom stereocenters.